The summed E-state index contributed by atoms with van der Waals surface area (Å²) in [6, 6.07) is 4.43. The number of rotatable bonds is 5. The van der Waals surface area contributed by atoms with E-state index in [9.17, 15) is 9.18 Å². The number of carbonyl (C=O) groups is 1. The number of aliphatic hydroxyl groups is 1. The summed E-state index contributed by atoms with van der Waals surface area (Å²) in [6.45, 7) is -0.0914. The topological polar surface area (TPSA) is 49.3 Å². The first kappa shape index (κ1) is 15.5. The Morgan fingerprint density at radius 3 is 3.00 bits per heavy atom. The molecule has 5 heteroatoms. The summed E-state index contributed by atoms with van der Waals surface area (Å²) in [7, 11) is 0. The molecule has 1 aromatic rings. The maximum Gasteiger partial charge on any atom is 0.221 e. The largest absolute Gasteiger partial charge is 0.384 e. The minimum absolute atomic E-state index is 0.0967. The first-order valence-electron chi connectivity index (χ1n) is 5.81. The second kappa shape index (κ2) is 8.57. The van der Waals surface area contributed by atoms with Gasteiger partial charge in [0.05, 0.1) is 0 Å². The number of carbonyl (C=O) groups excluding carboxylic acids is 1. The predicted molar refractivity (Wildman–Crippen MR) is 75.2 cm³/mol. The molecule has 19 heavy (non-hydrogen) atoms. The molecule has 0 fully saturated rings. The third-order valence-electron chi connectivity index (χ3n) is 2.37. The van der Waals surface area contributed by atoms with Gasteiger partial charge in [-0.05, 0) is 24.5 Å². The van der Waals surface area contributed by atoms with Crippen LogP contribution < -0.4 is 5.32 Å². The molecule has 1 amide bonds. The van der Waals surface area contributed by atoms with Gasteiger partial charge in [-0.2, -0.15) is 11.8 Å². The maximum absolute atomic E-state index is 13.5. The number of aliphatic hydroxyl groups excluding tert-OH is 1. The quantitative estimate of drug-likeness (QED) is 0.805. The van der Waals surface area contributed by atoms with E-state index >= 15 is 0 Å². The van der Waals surface area contributed by atoms with E-state index in [0.717, 1.165) is 5.75 Å². The smallest absolute Gasteiger partial charge is 0.221 e. The minimum atomic E-state index is -0.375. The molecule has 0 heterocycles. The standard InChI is InChI=1S/C14H16FNO2S/c1-19-8-6-14(18)16-10-12-9-11(3-2-7-17)4-5-13(12)15/h4-5,9,17H,6-8,10H2,1H3,(H,16,18). The molecular weight excluding hydrogens is 265 g/mol. The number of thioether (sulfide) groups is 1. The summed E-state index contributed by atoms with van der Waals surface area (Å²) in [5.74, 6) is 5.47. The molecule has 0 saturated carbocycles. The van der Waals surface area contributed by atoms with Crippen LogP contribution in [-0.2, 0) is 11.3 Å². The molecule has 0 aromatic heterocycles. The molecule has 1 rings (SSSR count). The van der Waals surface area contributed by atoms with E-state index in [4.69, 9.17) is 5.11 Å². The number of nitrogens with one attached hydrogen (secondary N) is 1. The highest BCUT2D eigenvalue weighted by molar-refractivity contribution is 7.98. The molecule has 3 nitrogen and oxygen atoms in total. The van der Waals surface area contributed by atoms with Crippen LogP contribution in [0.3, 0.4) is 0 Å². The van der Waals surface area contributed by atoms with Crippen LogP contribution in [0.1, 0.15) is 17.5 Å². The van der Waals surface area contributed by atoms with Gasteiger partial charge in [-0.25, -0.2) is 4.39 Å². The molecule has 2 N–H and O–H groups in total. The van der Waals surface area contributed by atoms with Crippen LogP contribution in [-0.4, -0.2) is 29.6 Å². The van der Waals surface area contributed by atoms with Gasteiger partial charge < -0.3 is 10.4 Å². The molecule has 0 atom stereocenters. The summed E-state index contributed by atoms with van der Waals surface area (Å²) < 4.78 is 13.5. The SMILES string of the molecule is CSCCC(=O)NCc1cc(C#CCO)ccc1F. The summed E-state index contributed by atoms with van der Waals surface area (Å²) in [6.07, 6.45) is 2.35. The lowest BCUT2D eigenvalue weighted by atomic mass is 10.1. The molecule has 0 aliphatic carbocycles. The first-order chi connectivity index (χ1) is 9.17. The van der Waals surface area contributed by atoms with Gasteiger partial charge >= 0.3 is 0 Å². The monoisotopic (exact) mass is 281 g/mol. The van der Waals surface area contributed by atoms with Crippen LogP contribution in [0.25, 0.3) is 0 Å². The van der Waals surface area contributed by atoms with E-state index < -0.39 is 0 Å². The highest BCUT2D eigenvalue weighted by Crippen LogP contribution is 2.10. The Balaban J connectivity index is 2.64. The van der Waals surface area contributed by atoms with Crippen molar-refractivity contribution >= 4 is 17.7 Å². The van der Waals surface area contributed by atoms with Crippen molar-refractivity contribution in [3.63, 3.8) is 0 Å². The third-order valence-corrected chi connectivity index (χ3v) is 2.98. The Kier molecular flexibility index (Phi) is 7.01. The van der Waals surface area contributed by atoms with Gasteiger partial charge in [-0.15, -0.1) is 0 Å². The molecule has 0 aliphatic heterocycles. The van der Waals surface area contributed by atoms with Crippen LogP contribution in [0.4, 0.5) is 4.39 Å². The summed E-state index contributed by atoms with van der Waals surface area (Å²) in [4.78, 5) is 11.4. The Labute approximate surface area is 116 Å². The highest BCUT2D eigenvalue weighted by atomic mass is 32.2. The van der Waals surface area contributed by atoms with E-state index in [1.807, 2.05) is 6.26 Å². The molecule has 0 aliphatic rings. The fraction of sp³-hybridized carbons (Fsp3) is 0.357. The Bertz CT molecular complexity index is 494. The average Bonchev–Trinajstić information content (AvgIpc) is 2.42. The number of benzene rings is 1. The van der Waals surface area contributed by atoms with Crippen LogP contribution in [0, 0.1) is 17.7 Å². The van der Waals surface area contributed by atoms with Crippen LogP contribution in [0.2, 0.25) is 0 Å². The van der Waals surface area contributed by atoms with Crippen molar-refractivity contribution < 1.29 is 14.3 Å². The fourth-order valence-electron chi connectivity index (χ4n) is 1.41. The van der Waals surface area contributed by atoms with Gasteiger partial charge in [0.25, 0.3) is 0 Å². The Morgan fingerprint density at radius 2 is 2.32 bits per heavy atom. The van der Waals surface area contributed by atoms with Crippen molar-refractivity contribution in [3.8, 4) is 11.8 Å². The predicted octanol–water partition coefficient (Wildman–Crippen LogP) is 1.54. The van der Waals surface area contributed by atoms with Crippen molar-refractivity contribution in [2.45, 2.75) is 13.0 Å². The van der Waals surface area contributed by atoms with E-state index in [1.165, 1.54) is 12.1 Å². The van der Waals surface area contributed by atoms with Gasteiger partial charge in [0, 0.05) is 29.8 Å². The van der Waals surface area contributed by atoms with Crippen LogP contribution in [0.15, 0.2) is 18.2 Å². The summed E-state index contributed by atoms with van der Waals surface area (Å²) in [5, 5.41) is 11.3. The van der Waals surface area contributed by atoms with E-state index in [2.05, 4.69) is 17.2 Å². The lowest BCUT2D eigenvalue weighted by Gasteiger charge is -2.06. The van der Waals surface area contributed by atoms with Gasteiger partial charge in [-0.3, -0.25) is 4.79 Å². The van der Waals surface area contributed by atoms with Crippen LogP contribution in [0.5, 0.6) is 0 Å². The molecule has 0 unspecified atom stereocenters. The van der Waals surface area contributed by atoms with Crippen molar-refractivity contribution in [1.82, 2.24) is 5.32 Å². The fourth-order valence-corrected chi connectivity index (χ4v) is 1.80. The maximum atomic E-state index is 13.5. The van der Waals surface area contributed by atoms with Crippen molar-refractivity contribution in [3.05, 3.63) is 35.1 Å². The molecule has 1 aromatic carbocycles. The Morgan fingerprint density at radius 1 is 1.53 bits per heavy atom. The summed E-state index contributed by atoms with van der Waals surface area (Å²) in [5.41, 5.74) is 1.01. The first-order valence-corrected chi connectivity index (χ1v) is 7.20. The number of halogens is 1. The minimum Gasteiger partial charge on any atom is -0.384 e. The molecule has 0 bridgehead atoms. The second-order valence-electron chi connectivity index (χ2n) is 3.79. The van der Waals surface area contributed by atoms with E-state index in [0.29, 0.717) is 17.5 Å². The van der Waals surface area contributed by atoms with Crippen molar-refractivity contribution in [2.75, 3.05) is 18.6 Å². The zero-order valence-electron chi connectivity index (χ0n) is 10.7. The Hall–Kier alpha value is -1.51. The molecular formula is C14H16FNO2S. The number of amides is 1. The third kappa shape index (κ3) is 5.77. The lowest BCUT2D eigenvalue weighted by Crippen LogP contribution is -2.23. The molecule has 0 saturated heterocycles. The zero-order valence-corrected chi connectivity index (χ0v) is 11.5. The summed E-state index contributed by atoms with van der Waals surface area (Å²) >= 11 is 1.59. The van der Waals surface area contributed by atoms with Crippen LogP contribution >= 0.6 is 11.8 Å². The normalized spacial score (nSPS) is 9.63. The average molecular weight is 281 g/mol. The number of hydrogen-bond acceptors (Lipinski definition) is 3. The van der Waals surface area contributed by atoms with Gasteiger partial charge in [0.2, 0.25) is 5.91 Å². The molecule has 102 valence electrons. The molecule has 0 radical (unpaired) electrons. The van der Waals surface area contributed by atoms with Gasteiger partial charge in [0.15, 0.2) is 0 Å². The van der Waals surface area contributed by atoms with E-state index in [1.54, 1.807) is 17.8 Å². The van der Waals surface area contributed by atoms with Gasteiger partial charge in [-0.1, -0.05) is 11.8 Å². The van der Waals surface area contributed by atoms with Crippen molar-refractivity contribution in [1.29, 1.82) is 0 Å². The second-order valence-corrected chi connectivity index (χ2v) is 4.77. The zero-order chi connectivity index (χ0) is 14.1. The van der Waals surface area contributed by atoms with E-state index in [-0.39, 0.29) is 24.9 Å². The number of hydrogen-bond donors (Lipinski definition) is 2. The van der Waals surface area contributed by atoms with Gasteiger partial charge in [0.1, 0.15) is 12.4 Å². The molecule has 0 spiro atoms. The van der Waals surface area contributed by atoms with Crippen molar-refractivity contribution in [2.24, 2.45) is 0 Å². The highest BCUT2D eigenvalue weighted by Gasteiger charge is 2.05. The lowest BCUT2D eigenvalue weighted by molar-refractivity contribution is -0.120.